The molecule has 0 aliphatic rings. The van der Waals surface area contributed by atoms with Crippen LogP contribution in [0.2, 0.25) is 0 Å². The molecule has 0 aliphatic carbocycles. The first-order valence-corrected chi connectivity index (χ1v) is 7.17. The van der Waals surface area contributed by atoms with Crippen LogP contribution in [0.4, 0.5) is 0 Å². The van der Waals surface area contributed by atoms with Gasteiger partial charge in [-0.2, -0.15) is 0 Å². The van der Waals surface area contributed by atoms with Crippen LogP contribution in [0, 0.1) is 0 Å². The van der Waals surface area contributed by atoms with Gasteiger partial charge in [-0.1, -0.05) is 46.3 Å². The van der Waals surface area contributed by atoms with Crippen molar-refractivity contribution in [1.29, 1.82) is 0 Å². The van der Waals surface area contributed by atoms with E-state index in [9.17, 15) is 9.59 Å². The van der Waals surface area contributed by atoms with Gasteiger partial charge in [-0.3, -0.25) is 4.79 Å². The Labute approximate surface area is 130 Å². The maximum atomic E-state index is 12.3. The number of amides is 1. The molecule has 1 amide bonds. The van der Waals surface area contributed by atoms with Crippen molar-refractivity contribution in [3.8, 4) is 0 Å². The molecule has 108 valence electrons. The van der Waals surface area contributed by atoms with E-state index in [1.807, 2.05) is 31.2 Å². The molecule has 21 heavy (non-hydrogen) atoms. The van der Waals surface area contributed by atoms with Crippen molar-refractivity contribution in [3.63, 3.8) is 0 Å². The lowest BCUT2D eigenvalue weighted by Gasteiger charge is -2.16. The molecule has 0 saturated carbocycles. The highest BCUT2D eigenvalue weighted by atomic mass is 79.9. The number of halogens is 1. The third-order valence-corrected chi connectivity index (χ3v) is 3.84. The molecule has 5 heteroatoms. The summed E-state index contributed by atoms with van der Waals surface area (Å²) >= 11 is 3.44. The Hall–Kier alpha value is -2.14. The van der Waals surface area contributed by atoms with Gasteiger partial charge in [0.2, 0.25) is 0 Å². The first-order chi connectivity index (χ1) is 10.0. The Morgan fingerprint density at radius 1 is 1.05 bits per heavy atom. The minimum atomic E-state index is -1.12. The standard InChI is InChI=1S/C16H14BrNO3/c1-10(11-6-4-5-9-14(11)17)18-15(19)12-7-2-3-8-13(12)16(20)21/h2-10H,1H3,(H,18,19)(H,20,21)/t10-/m0/s1. The van der Waals surface area contributed by atoms with Crippen LogP contribution in [0.1, 0.15) is 39.2 Å². The second kappa shape index (κ2) is 6.54. The van der Waals surface area contributed by atoms with E-state index in [2.05, 4.69) is 21.2 Å². The summed E-state index contributed by atoms with van der Waals surface area (Å²) in [6, 6.07) is 13.5. The van der Waals surface area contributed by atoms with Crippen LogP contribution in [-0.4, -0.2) is 17.0 Å². The van der Waals surface area contributed by atoms with Crippen LogP contribution >= 0.6 is 15.9 Å². The third-order valence-electron chi connectivity index (χ3n) is 3.12. The SMILES string of the molecule is C[C@H](NC(=O)c1ccccc1C(=O)O)c1ccccc1Br. The van der Waals surface area contributed by atoms with Gasteiger partial charge < -0.3 is 10.4 Å². The van der Waals surface area contributed by atoms with Gasteiger partial charge in [-0.05, 0) is 30.7 Å². The maximum absolute atomic E-state index is 12.3. The lowest BCUT2D eigenvalue weighted by molar-refractivity contribution is 0.0690. The lowest BCUT2D eigenvalue weighted by Crippen LogP contribution is -2.28. The Kier molecular flexibility index (Phi) is 4.75. The van der Waals surface area contributed by atoms with Gasteiger partial charge in [0.05, 0.1) is 17.2 Å². The van der Waals surface area contributed by atoms with Crippen molar-refractivity contribution < 1.29 is 14.7 Å². The number of rotatable bonds is 4. The van der Waals surface area contributed by atoms with Gasteiger partial charge in [0.15, 0.2) is 0 Å². The number of carboxylic acid groups (broad SMARTS) is 1. The quantitative estimate of drug-likeness (QED) is 0.887. The lowest BCUT2D eigenvalue weighted by atomic mass is 10.0. The van der Waals surface area contributed by atoms with E-state index in [0.717, 1.165) is 10.0 Å². The number of nitrogens with one attached hydrogen (secondary N) is 1. The molecule has 0 spiro atoms. The van der Waals surface area contributed by atoms with Crippen LogP contribution in [0.3, 0.4) is 0 Å². The monoisotopic (exact) mass is 347 g/mol. The largest absolute Gasteiger partial charge is 0.478 e. The Morgan fingerprint density at radius 3 is 2.24 bits per heavy atom. The van der Waals surface area contributed by atoms with Crippen molar-refractivity contribution >= 4 is 27.8 Å². The zero-order valence-electron chi connectivity index (χ0n) is 11.3. The molecule has 2 aromatic carbocycles. The highest BCUT2D eigenvalue weighted by Gasteiger charge is 2.18. The molecule has 1 atom stereocenters. The van der Waals surface area contributed by atoms with E-state index in [4.69, 9.17) is 5.11 Å². The maximum Gasteiger partial charge on any atom is 0.336 e. The van der Waals surface area contributed by atoms with Gasteiger partial charge in [0.25, 0.3) is 5.91 Å². The average molecular weight is 348 g/mol. The fourth-order valence-corrected chi connectivity index (χ4v) is 2.67. The second-order valence-corrected chi connectivity index (χ2v) is 5.42. The van der Waals surface area contributed by atoms with Crippen LogP contribution in [0.5, 0.6) is 0 Å². The number of carbonyl (C=O) groups excluding carboxylic acids is 1. The van der Waals surface area contributed by atoms with E-state index in [-0.39, 0.29) is 17.2 Å². The van der Waals surface area contributed by atoms with Crippen molar-refractivity contribution in [2.24, 2.45) is 0 Å². The van der Waals surface area contributed by atoms with Crippen LogP contribution in [0.25, 0.3) is 0 Å². The minimum Gasteiger partial charge on any atom is -0.478 e. The molecule has 0 saturated heterocycles. The van der Waals surface area contributed by atoms with E-state index in [1.54, 1.807) is 12.1 Å². The topological polar surface area (TPSA) is 66.4 Å². The molecular formula is C16H14BrNO3. The van der Waals surface area contributed by atoms with Crippen molar-refractivity contribution in [3.05, 3.63) is 69.7 Å². The smallest absolute Gasteiger partial charge is 0.336 e. The van der Waals surface area contributed by atoms with Crippen molar-refractivity contribution in [1.82, 2.24) is 5.32 Å². The number of benzene rings is 2. The highest BCUT2D eigenvalue weighted by Crippen LogP contribution is 2.23. The molecule has 2 N–H and O–H groups in total. The fourth-order valence-electron chi connectivity index (χ4n) is 2.05. The van der Waals surface area contributed by atoms with E-state index >= 15 is 0 Å². The number of aromatic carboxylic acids is 1. The Morgan fingerprint density at radius 2 is 1.62 bits per heavy atom. The van der Waals surface area contributed by atoms with E-state index < -0.39 is 11.9 Å². The first-order valence-electron chi connectivity index (χ1n) is 6.38. The first kappa shape index (κ1) is 15.3. The fraction of sp³-hybridized carbons (Fsp3) is 0.125. The van der Waals surface area contributed by atoms with Crippen LogP contribution < -0.4 is 5.32 Å². The predicted octanol–water partition coefficient (Wildman–Crippen LogP) is 3.64. The predicted molar refractivity (Wildman–Crippen MR) is 83.4 cm³/mol. The molecule has 0 bridgehead atoms. The second-order valence-electron chi connectivity index (χ2n) is 4.57. The molecule has 0 fully saturated rings. The van der Waals surface area contributed by atoms with Gasteiger partial charge in [0, 0.05) is 4.47 Å². The van der Waals surface area contributed by atoms with Gasteiger partial charge in [-0.15, -0.1) is 0 Å². The molecule has 0 unspecified atom stereocenters. The summed E-state index contributed by atoms with van der Waals surface area (Å²) in [5.74, 6) is -1.52. The summed E-state index contributed by atoms with van der Waals surface area (Å²) in [5.41, 5.74) is 1.08. The van der Waals surface area contributed by atoms with Crippen molar-refractivity contribution in [2.75, 3.05) is 0 Å². The van der Waals surface area contributed by atoms with E-state index in [0.29, 0.717) is 0 Å². The van der Waals surface area contributed by atoms with Crippen LogP contribution in [0.15, 0.2) is 53.0 Å². The summed E-state index contributed by atoms with van der Waals surface area (Å²) in [4.78, 5) is 23.4. The summed E-state index contributed by atoms with van der Waals surface area (Å²) in [5, 5.41) is 11.9. The summed E-state index contributed by atoms with van der Waals surface area (Å²) in [6.07, 6.45) is 0. The molecule has 4 nitrogen and oxygen atoms in total. The van der Waals surface area contributed by atoms with Gasteiger partial charge >= 0.3 is 5.97 Å². The normalized spacial score (nSPS) is 11.7. The number of carbonyl (C=O) groups is 2. The molecule has 0 aromatic heterocycles. The highest BCUT2D eigenvalue weighted by molar-refractivity contribution is 9.10. The zero-order valence-corrected chi connectivity index (χ0v) is 12.9. The molecule has 0 aliphatic heterocycles. The average Bonchev–Trinajstić information content (AvgIpc) is 2.47. The Bertz CT molecular complexity index is 685. The number of hydrogen-bond donors (Lipinski definition) is 2. The molecule has 0 radical (unpaired) electrons. The summed E-state index contributed by atoms with van der Waals surface area (Å²) in [7, 11) is 0. The van der Waals surface area contributed by atoms with Crippen molar-refractivity contribution in [2.45, 2.75) is 13.0 Å². The molecule has 2 rings (SSSR count). The molecule has 2 aromatic rings. The summed E-state index contributed by atoms with van der Waals surface area (Å²) in [6.45, 7) is 1.85. The summed E-state index contributed by atoms with van der Waals surface area (Å²) < 4.78 is 0.893. The number of carboxylic acids is 1. The third kappa shape index (κ3) is 3.49. The minimum absolute atomic E-state index is 0.00525. The van der Waals surface area contributed by atoms with Crippen LogP contribution in [-0.2, 0) is 0 Å². The Balaban J connectivity index is 2.23. The number of hydrogen-bond acceptors (Lipinski definition) is 2. The molecule has 0 heterocycles. The van der Waals surface area contributed by atoms with Gasteiger partial charge in [0.1, 0.15) is 0 Å². The van der Waals surface area contributed by atoms with Gasteiger partial charge in [-0.25, -0.2) is 4.79 Å². The van der Waals surface area contributed by atoms with E-state index in [1.165, 1.54) is 12.1 Å². The molecular weight excluding hydrogens is 334 g/mol. The zero-order chi connectivity index (χ0) is 15.4.